The van der Waals surface area contributed by atoms with E-state index in [0.29, 0.717) is 24.6 Å². The number of halogens is 1. The molecule has 0 spiro atoms. The van der Waals surface area contributed by atoms with Crippen LogP contribution in [0, 0.1) is 0 Å². The Morgan fingerprint density at radius 2 is 1.71 bits per heavy atom. The Morgan fingerprint density at radius 3 is 2.39 bits per heavy atom. The van der Waals surface area contributed by atoms with Gasteiger partial charge in [-0.05, 0) is 30.3 Å². The predicted molar refractivity (Wildman–Crippen MR) is 111 cm³/mol. The van der Waals surface area contributed by atoms with E-state index >= 15 is 0 Å². The fourth-order valence-electron chi connectivity index (χ4n) is 3.17. The lowest BCUT2D eigenvalue weighted by molar-refractivity contribution is 0.0740. The number of hydrogen-bond acceptors (Lipinski definition) is 5. The summed E-state index contributed by atoms with van der Waals surface area (Å²) in [5, 5.41) is 3.88. The van der Waals surface area contributed by atoms with E-state index in [1.165, 1.54) is 6.20 Å². The maximum absolute atomic E-state index is 12.7. The number of carbonyl (C=O) groups is 1. The molecule has 1 N–H and O–H groups in total. The van der Waals surface area contributed by atoms with Gasteiger partial charge in [-0.2, -0.15) is 0 Å². The smallest absolute Gasteiger partial charge is 0.274 e. The normalized spacial score (nSPS) is 14.0. The number of para-hydroxylation sites is 1. The molecule has 0 unspecified atom stereocenters. The third-order valence-electron chi connectivity index (χ3n) is 4.66. The number of rotatable bonds is 4. The summed E-state index contributed by atoms with van der Waals surface area (Å²) in [6.45, 7) is 2.79. The van der Waals surface area contributed by atoms with Crippen LogP contribution in [0.2, 0.25) is 5.02 Å². The van der Waals surface area contributed by atoms with Crippen molar-refractivity contribution in [3.63, 3.8) is 0 Å². The Bertz CT molecular complexity index is 941. The topological polar surface area (TPSA) is 61.4 Å². The zero-order chi connectivity index (χ0) is 19.3. The molecule has 1 aliphatic rings. The Labute approximate surface area is 168 Å². The van der Waals surface area contributed by atoms with Crippen LogP contribution in [0.4, 0.5) is 17.2 Å². The summed E-state index contributed by atoms with van der Waals surface area (Å²) in [4.78, 5) is 25.4. The van der Waals surface area contributed by atoms with Crippen molar-refractivity contribution in [1.82, 2.24) is 14.9 Å². The second-order valence-electron chi connectivity index (χ2n) is 6.54. The van der Waals surface area contributed by atoms with E-state index in [9.17, 15) is 4.79 Å². The average molecular weight is 394 g/mol. The molecule has 28 heavy (non-hydrogen) atoms. The molecule has 1 aromatic heterocycles. The molecule has 4 rings (SSSR count). The standard InChI is InChI=1S/C21H20ClN5O/c22-16-5-4-8-18(13-16)26-9-11-27(12-10-26)21(28)19-14-24-20(15-23-19)25-17-6-2-1-3-7-17/h1-8,13-15H,9-12H2,(H,24,25). The molecule has 2 aromatic carbocycles. The molecular weight excluding hydrogens is 374 g/mol. The zero-order valence-corrected chi connectivity index (χ0v) is 16.0. The van der Waals surface area contributed by atoms with Gasteiger partial charge in [0.05, 0.1) is 12.4 Å². The van der Waals surface area contributed by atoms with Crippen molar-refractivity contribution in [2.24, 2.45) is 0 Å². The highest BCUT2D eigenvalue weighted by molar-refractivity contribution is 6.30. The summed E-state index contributed by atoms with van der Waals surface area (Å²) in [5.41, 5.74) is 2.36. The Morgan fingerprint density at radius 1 is 0.929 bits per heavy atom. The SMILES string of the molecule is O=C(c1cnc(Nc2ccccc2)cn1)N1CCN(c2cccc(Cl)c2)CC1. The molecule has 3 aromatic rings. The van der Waals surface area contributed by atoms with Crippen LogP contribution >= 0.6 is 11.6 Å². The van der Waals surface area contributed by atoms with Crippen molar-refractivity contribution in [2.75, 3.05) is 36.4 Å². The van der Waals surface area contributed by atoms with Gasteiger partial charge in [-0.15, -0.1) is 0 Å². The first-order valence-electron chi connectivity index (χ1n) is 9.13. The minimum atomic E-state index is -0.0931. The monoisotopic (exact) mass is 393 g/mol. The van der Waals surface area contributed by atoms with Gasteiger partial charge in [-0.3, -0.25) is 4.79 Å². The second kappa shape index (κ2) is 8.27. The quantitative estimate of drug-likeness (QED) is 0.729. The van der Waals surface area contributed by atoms with Crippen LogP contribution in [-0.4, -0.2) is 47.0 Å². The van der Waals surface area contributed by atoms with Crippen molar-refractivity contribution in [2.45, 2.75) is 0 Å². The van der Waals surface area contributed by atoms with E-state index in [-0.39, 0.29) is 5.91 Å². The van der Waals surface area contributed by atoms with Crippen LogP contribution in [0.1, 0.15) is 10.5 Å². The van der Waals surface area contributed by atoms with Crippen molar-refractivity contribution in [3.05, 3.63) is 77.7 Å². The molecule has 1 amide bonds. The maximum atomic E-state index is 12.7. The summed E-state index contributed by atoms with van der Waals surface area (Å²) in [5.74, 6) is 0.512. The average Bonchev–Trinajstić information content (AvgIpc) is 2.75. The molecule has 1 saturated heterocycles. The van der Waals surface area contributed by atoms with E-state index in [4.69, 9.17) is 11.6 Å². The van der Waals surface area contributed by atoms with Gasteiger partial charge in [0.25, 0.3) is 5.91 Å². The molecule has 6 nitrogen and oxygen atoms in total. The molecular formula is C21H20ClN5O. The highest BCUT2D eigenvalue weighted by atomic mass is 35.5. The number of piperazine rings is 1. The molecule has 0 radical (unpaired) electrons. The summed E-state index contributed by atoms with van der Waals surface area (Å²) < 4.78 is 0. The van der Waals surface area contributed by atoms with Crippen molar-refractivity contribution >= 4 is 34.7 Å². The number of carbonyl (C=O) groups excluding carboxylic acids is 1. The molecule has 1 fully saturated rings. The van der Waals surface area contributed by atoms with Crippen molar-refractivity contribution in [1.29, 1.82) is 0 Å². The summed E-state index contributed by atoms with van der Waals surface area (Å²) in [6, 6.07) is 17.5. The van der Waals surface area contributed by atoms with Crippen molar-refractivity contribution < 1.29 is 4.79 Å². The number of hydrogen-bond donors (Lipinski definition) is 1. The summed E-state index contributed by atoms with van der Waals surface area (Å²) in [6.07, 6.45) is 3.11. The van der Waals surface area contributed by atoms with Gasteiger partial charge in [-0.25, -0.2) is 9.97 Å². The van der Waals surface area contributed by atoms with Crippen LogP contribution in [0.5, 0.6) is 0 Å². The lowest BCUT2D eigenvalue weighted by Gasteiger charge is -2.36. The third-order valence-corrected chi connectivity index (χ3v) is 4.89. The zero-order valence-electron chi connectivity index (χ0n) is 15.3. The fourth-order valence-corrected chi connectivity index (χ4v) is 3.36. The van der Waals surface area contributed by atoms with E-state index in [0.717, 1.165) is 29.5 Å². The van der Waals surface area contributed by atoms with Crippen LogP contribution < -0.4 is 10.2 Å². The Hall–Kier alpha value is -3.12. The maximum Gasteiger partial charge on any atom is 0.274 e. The lowest BCUT2D eigenvalue weighted by atomic mass is 10.2. The molecule has 142 valence electrons. The van der Waals surface area contributed by atoms with E-state index in [2.05, 4.69) is 20.2 Å². The lowest BCUT2D eigenvalue weighted by Crippen LogP contribution is -2.49. The predicted octanol–water partition coefficient (Wildman–Crippen LogP) is 3.84. The summed E-state index contributed by atoms with van der Waals surface area (Å²) in [7, 11) is 0. The number of anilines is 3. The molecule has 1 aliphatic heterocycles. The van der Waals surface area contributed by atoms with Gasteiger partial charge in [0.15, 0.2) is 0 Å². The first kappa shape index (κ1) is 18.3. The molecule has 7 heteroatoms. The molecule has 0 aliphatic carbocycles. The first-order chi connectivity index (χ1) is 13.7. The fraction of sp³-hybridized carbons (Fsp3) is 0.190. The van der Waals surface area contributed by atoms with E-state index in [1.807, 2.05) is 59.5 Å². The minimum Gasteiger partial charge on any atom is -0.368 e. The Kier molecular flexibility index (Phi) is 5.39. The van der Waals surface area contributed by atoms with Gasteiger partial charge < -0.3 is 15.1 Å². The van der Waals surface area contributed by atoms with Gasteiger partial charge in [-0.1, -0.05) is 35.9 Å². The molecule has 2 heterocycles. The van der Waals surface area contributed by atoms with Gasteiger partial charge in [0, 0.05) is 42.6 Å². The van der Waals surface area contributed by atoms with Crippen LogP contribution in [0.15, 0.2) is 67.0 Å². The number of benzene rings is 2. The minimum absolute atomic E-state index is 0.0931. The number of nitrogens with zero attached hydrogens (tertiary/aromatic N) is 4. The Balaban J connectivity index is 1.36. The van der Waals surface area contributed by atoms with Crippen LogP contribution in [-0.2, 0) is 0 Å². The largest absolute Gasteiger partial charge is 0.368 e. The number of aromatic nitrogens is 2. The van der Waals surface area contributed by atoms with Gasteiger partial charge in [0.2, 0.25) is 0 Å². The van der Waals surface area contributed by atoms with Gasteiger partial charge in [0.1, 0.15) is 11.5 Å². The molecule has 0 bridgehead atoms. The second-order valence-corrected chi connectivity index (χ2v) is 6.97. The highest BCUT2D eigenvalue weighted by Crippen LogP contribution is 2.21. The van der Waals surface area contributed by atoms with Crippen molar-refractivity contribution in [3.8, 4) is 0 Å². The van der Waals surface area contributed by atoms with Gasteiger partial charge >= 0.3 is 0 Å². The number of amides is 1. The van der Waals surface area contributed by atoms with Crippen LogP contribution in [0.3, 0.4) is 0 Å². The number of nitrogens with one attached hydrogen (secondary N) is 1. The van der Waals surface area contributed by atoms with Crippen LogP contribution in [0.25, 0.3) is 0 Å². The summed E-state index contributed by atoms with van der Waals surface area (Å²) >= 11 is 6.08. The third kappa shape index (κ3) is 4.23. The first-order valence-corrected chi connectivity index (χ1v) is 9.51. The molecule has 0 saturated carbocycles. The van der Waals surface area contributed by atoms with E-state index in [1.54, 1.807) is 6.20 Å². The highest BCUT2D eigenvalue weighted by Gasteiger charge is 2.23. The van der Waals surface area contributed by atoms with E-state index < -0.39 is 0 Å². The molecule has 0 atom stereocenters.